The molecule has 0 spiro atoms. The van der Waals surface area contributed by atoms with Crippen LogP contribution in [-0.2, 0) is 13.1 Å². The number of amides is 2. The predicted molar refractivity (Wildman–Crippen MR) is 111 cm³/mol. The van der Waals surface area contributed by atoms with Crippen molar-refractivity contribution in [1.82, 2.24) is 4.90 Å². The fourth-order valence-corrected chi connectivity index (χ4v) is 2.92. The number of benzene rings is 3. The molecule has 0 aromatic heterocycles. The molecular formula is C23H24N2O3. The third-order valence-electron chi connectivity index (χ3n) is 4.35. The lowest BCUT2D eigenvalue weighted by atomic mass is 10.2. The molecule has 0 radical (unpaired) electrons. The largest absolute Gasteiger partial charge is 0.493 e. The maximum atomic E-state index is 13.0. The molecule has 0 atom stereocenters. The first-order valence-corrected chi connectivity index (χ1v) is 9.05. The Balaban J connectivity index is 1.79. The number of anilines is 1. The van der Waals surface area contributed by atoms with Gasteiger partial charge in [-0.25, -0.2) is 4.79 Å². The molecular weight excluding hydrogens is 352 g/mol. The number of urea groups is 1. The lowest BCUT2D eigenvalue weighted by Crippen LogP contribution is -2.34. The summed E-state index contributed by atoms with van der Waals surface area (Å²) < 4.78 is 10.6. The van der Waals surface area contributed by atoms with Gasteiger partial charge in [-0.3, -0.25) is 0 Å². The Labute approximate surface area is 165 Å². The molecule has 0 fully saturated rings. The minimum atomic E-state index is -0.181. The van der Waals surface area contributed by atoms with Crippen molar-refractivity contribution >= 4 is 11.7 Å². The molecule has 0 aliphatic heterocycles. The quantitative estimate of drug-likeness (QED) is 0.635. The average molecular weight is 376 g/mol. The minimum absolute atomic E-state index is 0.181. The van der Waals surface area contributed by atoms with E-state index in [4.69, 9.17) is 9.47 Å². The average Bonchev–Trinajstić information content (AvgIpc) is 2.74. The SMILES string of the molecule is COc1ccc(NC(=O)N(Cc2ccccc2)Cc2ccccc2)cc1OC. The van der Waals surface area contributed by atoms with E-state index >= 15 is 0 Å². The van der Waals surface area contributed by atoms with Crippen molar-refractivity contribution in [2.75, 3.05) is 19.5 Å². The van der Waals surface area contributed by atoms with Crippen LogP contribution in [0.1, 0.15) is 11.1 Å². The first kappa shape index (κ1) is 19.3. The van der Waals surface area contributed by atoms with Crippen LogP contribution in [0.25, 0.3) is 0 Å². The second-order valence-corrected chi connectivity index (χ2v) is 6.33. The Morgan fingerprint density at radius 2 is 1.32 bits per heavy atom. The molecule has 5 heteroatoms. The molecule has 0 bridgehead atoms. The summed E-state index contributed by atoms with van der Waals surface area (Å²) >= 11 is 0. The van der Waals surface area contributed by atoms with Crippen molar-refractivity contribution in [3.8, 4) is 11.5 Å². The summed E-state index contributed by atoms with van der Waals surface area (Å²) in [6.45, 7) is 1.02. The topological polar surface area (TPSA) is 50.8 Å². The molecule has 1 N–H and O–H groups in total. The van der Waals surface area contributed by atoms with E-state index in [1.165, 1.54) is 0 Å². The van der Waals surface area contributed by atoms with E-state index in [-0.39, 0.29) is 6.03 Å². The van der Waals surface area contributed by atoms with Gasteiger partial charge in [0.25, 0.3) is 0 Å². The van der Waals surface area contributed by atoms with Crippen LogP contribution in [0.5, 0.6) is 11.5 Å². The van der Waals surface area contributed by atoms with Gasteiger partial charge in [0.15, 0.2) is 11.5 Å². The highest BCUT2D eigenvalue weighted by Gasteiger charge is 2.16. The molecule has 0 unspecified atom stereocenters. The van der Waals surface area contributed by atoms with Crippen molar-refractivity contribution in [2.45, 2.75) is 13.1 Å². The van der Waals surface area contributed by atoms with Crippen molar-refractivity contribution in [1.29, 1.82) is 0 Å². The standard InChI is InChI=1S/C23H24N2O3/c1-27-21-14-13-20(15-22(21)28-2)24-23(26)25(16-18-9-5-3-6-10-18)17-19-11-7-4-8-12-19/h3-15H,16-17H2,1-2H3,(H,24,26). The Bertz CT molecular complexity index is 857. The highest BCUT2D eigenvalue weighted by atomic mass is 16.5. The number of carbonyl (C=O) groups is 1. The number of hydrogen-bond donors (Lipinski definition) is 1. The van der Waals surface area contributed by atoms with E-state index in [1.807, 2.05) is 60.7 Å². The van der Waals surface area contributed by atoms with Gasteiger partial charge >= 0.3 is 6.03 Å². The van der Waals surface area contributed by atoms with Crippen molar-refractivity contribution < 1.29 is 14.3 Å². The number of rotatable bonds is 7. The van der Waals surface area contributed by atoms with Gasteiger partial charge in [0, 0.05) is 24.8 Å². The molecule has 3 rings (SSSR count). The number of carbonyl (C=O) groups excluding carboxylic acids is 1. The van der Waals surface area contributed by atoms with Crippen LogP contribution in [-0.4, -0.2) is 25.2 Å². The van der Waals surface area contributed by atoms with Gasteiger partial charge in [-0.15, -0.1) is 0 Å². The van der Waals surface area contributed by atoms with Crippen molar-refractivity contribution in [3.05, 3.63) is 90.0 Å². The van der Waals surface area contributed by atoms with E-state index in [1.54, 1.807) is 37.3 Å². The van der Waals surface area contributed by atoms with Crippen LogP contribution in [0, 0.1) is 0 Å². The maximum Gasteiger partial charge on any atom is 0.322 e. The first-order valence-electron chi connectivity index (χ1n) is 9.05. The van der Waals surface area contributed by atoms with E-state index in [0.717, 1.165) is 11.1 Å². The first-order chi connectivity index (χ1) is 13.7. The van der Waals surface area contributed by atoms with Crippen LogP contribution in [0.15, 0.2) is 78.9 Å². The second kappa shape index (κ2) is 9.46. The van der Waals surface area contributed by atoms with Gasteiger partial charge in [0.2, 0.25) is 0 Å². The smallest absolute Gasteiger partial charge is 0.322 e. The molecule has 5 nitrogen and oxygen atoms in total. The molecule has 0 saturated carbocycles. The summed E-state index contributed by atoms with van der Waals surface area (Å²) in [7, 11) is 3.15. The van der Waals surface area contributed by atoms with Gasteiger partial charge in [-0.2, -0.15) is 0 Å². The van der Waals surface area contributed by atoms with E-state index in [2.05, 4.69) is 5.32 Å². The van der Waals surface area contributed by atoms with Gasteiger partial charge in [0.05, 0.1) is 14.2 Å². The summed E-state index contributed by atoms with van der Waals surface area (Å²) in [5, 5.41) is 2.96. The van der Waals surface area contributed by atoms with Crippen LogP contribution >= 0.6 is 0 Å². The zero-order valence-corrected chi connectivity index (χ0v) is 16.1. The van der Waals surface area contributed by atoms with Gasteiger partial charge < -0.3 is 19.7 Å². The van der Waals surface area contributed by atoms with Crippen LogP contribution in [0.3, 0.4) is 0 Å². The Kier molecular flexibility index (Phi) is 6.52. The van der Waals surface area contributed by atoms with Gasteiger partial charge in [-0.05, 0) is 23.3 Å². The summed E-state index contributed by atoms with van der Waals surface area (Å²) in [5.41, 5.74) is 2.79. The summed E-state index contributed by atoms with van der Waals surface area (Å²) in [6, 6.07) is 25.0. The van der Waals surface area contributed by atoms with E-state index < -0.39 is 0 Å². The lowest BCUT2D eigenvalue weighted by molar-refractivity contribution is 0.206. The highest BCUT2D eigenvalue weighted by Crippen LogP contribution is 2.30. The second-order valence-electron chi connectivity index (χ2n) is 6.33. The summed E-state index contributed by atoms with van der Waals surface area (Å²) in [5.74, 6) is 1.18. The predicted octanol–water partition coefficient (Wildman–Crippen LogP) is 4.94. The fourth-order valence-electron chi connectivity index (χ4n) is 2.92. The number of nitrogens with zero attached hydrogens (tertiary/aromatic N) is 1. The molecule has 2 amide bonds. The summed E-state index contributed by atoms with van der Waals surface area (Å²) in [4.78, 5) is 14.8. The molecule has 3 aromatic carbocycles. The summed E-state index contributed by atoms with van der Waals surface area (Å²) in [6.07, 6.45) is 0. The van der Waals surface area contributed by atoms with Gasteiger partial charge in [0.1, 0.15) is 0 Å². The molecule has 0 heterocycles. The Hall–Kier alpha value is -3.47. The van der Waals surface area contributed by atoms with Crippen molar-refractivity contribution in [2.24, 2.45) is 0 Å². The van der Waals surface area contributed by atoms with Crippen LogP contribution in [0.2, 0.25) is 0 Å². The van der Waals surface area contributed by atoms with Crippen LogP contribution < -0.4 is 14.8 Å². The fraction of sp³-hybridized carbons (Fsp3) is 0.174. The molecule has 0 aliphatic carbocycles. The monoisotopic (exact) mass is 376 g/mol. The Morgan fingerprint density at radius 1 is 0.786 bits per heavy atom. The number of nitrogens with one attached hydrogen (secondary N) is 1. The zero-order chi connectivity index (χ0) is 19.8. The minimum Gasteiger partial charge on any atom is -0.493 e. The zero-order valence-electron chi connectivity index (χ0n) is 16.1. The van der Waals surface area contributed by atoms with Gasteiger partial charge in [-0.1, -0.05) is 60.7 Å². The molecule has 0 aliphatic rings. The third kappa shape index (κ3) is 5.04. The molecule has 0 saturated heterocycles. The van der Waals surface area contributed by atoms with Crippen molar-refractivity contribution in [3.63, 3.8) is 0 Å². The van der Waals surface area contributed by atoms with E-state index in [0.29, 0.717) is 30.3 Å². The molecule has 28 heavy (non-hydrogen) atoms. The molecule has 144 valence electrons. The normalized spacial score (nSPS) is 10.2. The number of ether oxygens (including phenoxy) is 2. The third-order valence-corrected chi connectivity index (χ3v) is 4.35. The highest BCUT2D eigenvalue weighted by molar-refractivity contribution is 5.89. The number of hydrogen-bond acceptors (Lipinski definition) is 3. The number of methoxy groups -OCH3 is 2. The maximum absolute atomic E-state index is 13.0. The lowest BCUT2D eigenvalue weighted by Gasteiger charge is -2.24. The Morgan fingerprint density at radius 3 is 1.82 bits per heavy atom. The molecule has 3 aromatic rings. The van der Waals surface area contributed by atoms with E-state index in [9.17, 15) is 4.79 Å². The van der Waals surface area contributed by atoms with Crippen LogP contribution in [0.4, 0.5) is 10.5 Å².